The molecule has 1 unspecified atom stereocenters. The van der Waals surface area contributed by atoms with E-state index in [-0.39, 0.29) is 11.9 Å². The standard InChI is InChI=1S/C16H26N2O2/c1-5-15(19)13-9-7-8-10-14(13)18(6-2)11-16(20)17-12(3)4/h7-10,12,15,19H,5-6,11H2,1-4H3,(H,17,20). The van der Waals surface area contributed by atoms with Gasteiger partial charge in [-0.2, -0.15) is 0 Å². The molecule has 0 heterocycles. The van der Waals surface area contributed by atoms with Gasteiger partial charge in [-0.25, -0.2) is 0 Å². The minimum atomic E-state index is -0.492. The lowest BCUT2D eigenvalue weighted by molar-refractivity contribution is -0.120. The molecule has 20 heavy (non-hydrogen) atoms. The highest BCUT2D eigenvalue weighted by molar-refractivity contribution is 5.81. The van der Waals surface area contributed by atoms with E-state index >= 15 is 0 Å². The number of rotatable bonds is 7. The second kappa shape index (κ2) is 7.90. The third-order valence-corrected chi connectivity index (χ3v) is 3.19. The van der Waals surface area contributed by atoms with Gasteiger partial charge in [0.25, 0.3) is 0 Å². The molecule has 0 aromatic heterocycles. The molecule has 0 spiro atoms. The molecule has 2 N–H and O–H groups in total. The number of amides is 1. The fourth-order valence-corrected chi connectivity index (χ4v) is 2.19. The van der Waals surface area contributed by atoms with Crippen LogP contribution in [-0.4, -0.2) is 30.1 Å². The normalized spacial score (nSPS) is 12.3. The predicted molar refractivity (Wildman–Crippen MR) is 82.9 cm³/mol. The van der Waals surface area contributed by atoms with Crippen LogP contribution in [0.15, 0.2) is 24.3 Å². The van der Waals surface area contributed by atoms with Crippen molar-refractivity contribution in [3.05, 3.63) is 29.8 Å². The topological polar surface area (TPSA) is 52.6 Å². The van der Waals surface area contributed by atoms with E-state index in [0.717, 1.165) is 17.8 Å². The van der Waals surface area contributed by atoms with Gasteiger partial charge in [-0.3, -0.25) is 4.79 Å². The number of nitrogens with one attached hydrogen (secondary N) is 1. The van der Waals surface area contributed by atoms with E-state index < -0.39 is 6.10 Å². The summed E-state index contributed by atoms with van der Waals surface area (Å²) in [5.74, 6) is 0.00245. The number of aliphatic hydroxyl groups excluding tert-OH is 1. The maximum absolute atomic E-state index is 11.9. The highest BCUT2D eigenvalue weighted by Crippen LogP contribution is 2.27. The van der Waals surface area contributed by atoms with Crippen molar-refractivity contribution >= 4 is 11.6 Å². The Bertz CT molecular complexity index is 432. The Labute approximate surface area is 121 Å². The second-order valence-electron chi connectivity index (χ2n) is 5.22. The van der Waals surface area contributed by atoms with Crippen LogP contribution in [0.3, 0.4) is 0 Å². The molecule has 0 fully saturated rings. The number of aliphatic hydroxyl groups is 1. The van der Waals surface area contributed by atoms with Crippen LogP contribution in [0.2, 0.25) is 0 Å². The molecule has 0 bridgehead atoms. The van der Waals surface area contributed by atoms with Crippen LogP contribution < -0.4 is 10.2 Å². The van der Waals surface area contributed by atoms with Gasteiger partial charge in [0.2, 0.25) is 5.91 Å². The number of para-hydroxylation sites is 1. The summed E-state index contributed by atoms with van der Waals surface area (Å²) in [7, 11) is 0. The van der Waals surface area contributed by atoms with Gasteiger partial charge in [0, 0.05) is 23.8 Å². The number of carbonyl (C=O) groups excluding carboxylic acids is 1. The van der Waals surface area contributed by atoms with Crippen molar-refractivity contribution in [2.45, 2.75) is 46.3 Å². The Hall–Kier alpha value is -1.55. The lowest BCUT2D eigenvalue weighted by Gasteiger charge is -2.27. The second-order valence-corrected chi connectivity index (χ2v) is 5.22. The number of hydrogen-bond donors (Lipinski definition) is 2. The summed E-state index contributed by atoms with van der Waals surface area (Å²) in [5.41, 5.74) is 1.82. The number of anilines is 1. The van der Waals surface area contributed by atoms with E-state index in [1.165, 1.54) is 0 Å². The van der Waals surface area contributed by atoms with Crippen molar-refractivity contribution in [2.75, 3.05) is 18.0 Å². The molecule has 1 aromatic carbocycles. The molecule has 0 aliphatic heterocycles. The Balaban J connectivity index is 2.92. The fourth-order valence-electron chi connectivity index (χ4n) is 2.19. The highest BCUT2D eigenvalue weighted by atomic mass is 16.3. The van der Waals surface area contributed by atoms with Crippen molar-refractivity contribution in [1.82, 2.24) is 5.32 Å². The van der Waals surface area contributed by atoms with Crippen molar-refractivity contribution in [3.63, 3.8) is 0 Å². The van der Waals surface area contributed by atoms with Gasteiger partial charge in [0.1, 0.15) is 0 Å². The smallest absolute Gasteiger partial charge is 0.239 e. The summed E-state index contributed by atoms with van der Waals surface area (Å²) in [6, 6.07) is 7.87. The Morgan fingerprint density at radius 1 is 1.30 bits per heavy atom. The maximum atomic E-state index is 11.9. The summed E-state index contributed by atoms with van der Waals surface area (Å²) < 4.78 is 0. The van der Waals surface area contributed by atoms with E-state index in [0.29, 0.717) is 13.0 Å². The largest absolute Gasteiger partial charge is 0.388 e. The fraction of sp³-hybridized carbons (Fsp3) is 0.562. The van der Waals surface area contributed by atoms with Crippen molar-refractivity contribution in [3.8, 4) is 0 Å². The van der Waals surface area contributed by atoms with Crippen LogP contribution in [0, 0.1) is 0 Å². The van der Waals surface area contributed by atoms with E-state index in [9.17, 15) is 9.90 Å². The minimum absolute atomic E-state index is 0.00245. The van der Waals surface area contributed by atoms with Crippen LogP contribution in [0.25, 0.3) is 0 Å². The number of nitrogens with zero attached hydrogens (tertiary/aromatic N) is 1. The van der Waals surface area contributed by atoms with Crippen LogP contribution in [0.4, 0.5) is 5.69 Å². The maximum Gasteiger partial charge on any atom is 0.239 e. The summed E-state index contributed by atoms with van der Waals surface area (Å²) in [4.78, 5) is 13.9. The van der Waals surface area contributed by atoms with Gasteiger partial charge in [-0.05, 0) is 33.3 Å². The van der Waals surface area contributed by atoms with Gasteiger partial charge < -0.3 is 15.3 Å². The Morgan fingerprint density at radius 2 is 1.95 bits per heavy atom. The van der Waals surface area contributed by atoms with Crippen LogP contribution >= 0.6 is 0 Å². The van der Waals surface area contributed by atoms with Crippen molar-refractivity contribution in [2.24, 2.45) is 0 Å². The van der Waals surface area contributed by atoms with Crippen LogP contribution in [0.1, 0.15) is 45.8 Å². The van der Waals surface area contributed by atoms with Crippen molar-refractivity contribution in [1.29, 1.82) is 0 Å². The lowest BCUT2D eigenvalue weighted by Crippen LogP contribution is -2.40. The molecule has 0 saturated heterocycles. The quantitative estimate of drug-likeness (QED) is 0.805. The molecule has 4 heteroatoms. The summed E-state index contributed by atoms with van der Waals surface area (Å²) >= 11 is 0. The van der Waals surface area contributed by atoms with E-state index in [1.807, 2.05) is 56.9 Å². The average Bonchev–Trinajstić information content (AvgIpc) is 2.43. The number of hydrogen-bond acceptors (Lipinski definition) is 3. The molecule has 1 rings (SSSR count). The minimum Gasteiger partial charge on any atom is -0.388 e. The molecule has 112 valence electrons. The van der Waals surface area contributed by atoms with E-state index in [1.54, 1.807) is 0 Å². The Morgan fingerprint density at radius 3 is 2.50 bits per heavy atom. The molecule has 0 radical (unpaired) electrons. The zero-order valence-electron chi connectivity index (χ0n) is 12.9. The molecular weight excluding hydrogens is 252 g/mol. The summed E-state index contributed by atoms with van der Waals surface area (Å²) in [6.45, 7) is 8.88. The third kappa shape index (κ3) is 4.53. The summed E-state index contributed by atoms with van der Waals surface area (Å²) in [5, 5.41) is 13.0. The first-order chi connectivity index (χ1) is 9.49. The van der Waals surface area contributed by atoms with Crippen LogP contribution in [-0.2, 0) is 4.79 Å². The summed E-state index contributed by atoms with van der Waals surface area (Å²) in [6.07, 6.45) is 0.167. The van der Waals surface area contributed by atoms with E-state index in [2.05, 4.69) is 5.32 Å². The molecule has 1 amide bonds. The molecule has 1 atom stereocenters. The zero-order chi connectivity index (χ0) is 15.1. The SMILES string of the molecule is CCC(O)c1ccccc1N(CC)CC(=O)NC(C)C. The molecular formula is C16H26N2O2. The van der Waals surface area contributed by atoms with Gasteiger partial charge in [-0.1, -0.05) is 25.1 Å². The predicted octanol–water partition coefficient (Wildman–Crippen LogP) is 2.48. The first-order valence-corrected chi connectivity index (χ1v) is 7.30. The number of carbonyl (C=O) groups is 1. The molecule has 0 aliphatic carbocycles. The zero-order valence-corrected chi connectivity index (χ0v) is 12.9. The van der Waals surface area contributed by atoms with Gasteiger partial charge in [-0.15, -0.1) is 0 Å². The highest BCUT2D eigenvalue weighted by Gasteiger charge is 2.17. The number of likely N-dealkylation sites (N-methyl/N-ethyl adjacent to an activating group) is 1. The molecule has 0 aliphatic rings. The third-order valence-electron chi connectivity index (χ3n) is 3.19. The molecule has 4 nitrogen and oxygen atoms in total. The molecule has 1 aromatic rings. The van der Waals surface area contributed by atoms with E-state index in [4.69, 9.17) is 0 Å². The molecule has 0 saturated carbocycles. The Kier molecular flexibility index (Phi) is 6.52. The average molecular weight is 278 g/mol. The first-order valence-electron chi connectivity index (χ1n) is 7.30. The van der Waals surface area contributed by atoms with Crippen molar-refractivity contribution < 1.29 is 9.90 Å². The number of benzene rings is 1. The first kappa shape index (κ1) is 16.5. The van der Waals surface area contributed by atoms with Gasteiger partial charge >= 0.3 is 0 Å². The lowest BCUT2D eigenvalue weighted by atomic mass is 10.0. The monoisotopic (exact) mass is 278 g/mol. The van der Waals surface area contributed by atoms with Crippen LogP contribution in [0.5, 0.6) is 0 Å². The van der Waals surface area contributed by atoms with Gasteiger partial charge in [0.15, 0.2) is 0 Å². The van der Waals surface area contributed by atoms with Gasteiger partial charge in [0.05, 0.1) is 12.6 Å².